The fourth-order valence-corrected chi connectivity index (χ4v) is 4.55. The number of nitriles is 1. The van der Waals surface area contributed by atoms with Crippen LogP contribution in [0.4, 0.5) is 10.2 Å². The van der Waals surface area contributed by atoms with E-state index < -0.39 is 23.2 Å². The van der Waals surface area contributed by atoms with Gasteiger partial charge in [0.25, 0.3) is 0 Å². The molecule has 0 radical (unpaired) electrons. The highest BCUT2D eigenvalue weighted by Crippen LogP contribution is 2.35. The van der Waals surface area contributed by atoms with Crippen LogP contribution in [0.3, 0.4) is 0 Å². The lowest BCUT2D eigenvalue weighted by Gasteiger charge is -2.33. The van der Waals surface area contributed by atoms with E-state index in [9.17, 15) is 19.6 Å². The molecule has 1 atom stereocenters. The Kier molecular flexibility index (Phi) is 6.01. The van der Waals surface area contributed by atoms with Crippen LogP contribution in [0.15, 0.2) is 36.1 Å². The summed E-state index contributed by atoms with van der Waals surface area (Å²) in [5, 5.41) is 25.6. The van der Waals surface area contributed by atoms with E-state index in [1.54, 1.807) is 23.8 Å². The molecule has 0 spiro atoms. The molecule has 0 fully saturated rings. The molecule has 3 N–H and O–H groups in total. The number of carbonyl (C=O) groups is 1. The van der Waals surface area contributed by atoms with Gasteiger partial charge in [-0.25, -0.2) is 19.3 Å². The zero-order valence-electron chi connectivity index (χ0n) is 17.6. The minimum absolute atomic E-state index is 0.0212. The summed E-state index contributed by atoms with van der Waals surface area (Å²) in [6, 6.07) is 3.99. The highest BCUT2D eigenvalue weighted by molar-refractivity contribution is 7.09. The number of aromatic amines is 1. The molecule has 4 rings (SSSR count). The molecule has 168 valence electrons. The number of carboxylic acids is 1. The summed E-state index contributed by atoms with van der Waals surface area (Å²) >= 11 is 7.47. The van der Waals surface area contributed by atoms with Crippen LogP contribution >= 0.6 is 22.9 Å². The molecule has 1 unspecified atom stereocenters. The third kappa shape index (κ3) is 4.37. The molecule has 33 heavy (non-hydrogen) atoms. The summed E-state index contributed by atoms with van der Waals surface area (Å²) in [6.45, 7) is 3.67. The number of aromatic nitrogens is 4. The van der Waals surface area contributed by atoms with E-state index in [-0.39, 0.29) is 23.5 Å². The van der Waals surface area contributed by atoms with Crippen molar-refractivity contribution in [2.45, 2.75) is 31.7 Å². The molecule has 0 saturated carbocycles. The second-order valence-corrected chi connectivity index (χ2v) is 9.26. The molecule has 0 bridgehead atoms. The summed E-state index contributed by atoms with van der Waals surface area (Å²) in [4.78, 5) is 27.5. The van der Waals surface area contributed by atoms with Crippen LogP contribution in [-0.4, -0.2) is 37.1 Å². The highest BCUT2D eigenvalue weighted by atomic mass is 35.5. The van der Waals surface area contributed by atoms with E-state index in [0.29, 0.717) is 26.6 Å². The lowest BCUT2D eigenvalue weighted by atomic mass is 9.83. The Labute approximate surface area is 197 Å². The number of aliphatic carboxylic acids is 1. The average Bonchev–Trinajstić information content (AvgIpc) is 3.44. The van der Waals surface area contributed by atoms with Crippen molar-refractivity contribution in [3.05, 3.63) is 57.5 Å². The molecule has 11 heteroatoms. The van der Waals surface area contributed by atoms with E-state index in [1.165, 1.54) is 17.5 Å². The van der Waals surface area contributed by atoms with Crippen LogP contribution in [0, 0.1) is 17.1 Å². The van der Waals surface area contributed by atoms with E-state index in [0.717, 1.165) is 6.07 Å². The van der Waals surface area contributed by atoms with Gasteiger partial charge in [0.05, 0.1) is 22.7 Å². The number of anilines is 1. The van der Waals surface area contributed by atoms with Crippen molar-refractivity contribution < 1.29 is 14.3 Å². The maximum Gasteiger partial charge on any atom is 0.305 e. The minimum Gasteiger partial charge on any atom is -0.481 e. The zero-order chi connectivity index (χ0) is 23.8. The first-order chi connectivity index (χ1) is 15.7. The number of hydrogen-bond donors (Lipinski definition) is 3. The summed E-state index contributed by atoms with van der Waals surface area (Å²) in [7, 11) is 0. The monoisotopic (exact) mass is 484 g/mol. The van der Waals surface area contributed by atoms with Gasteiger partial charge in [-0.3, -0.25) is 4.79 Å². The third-order valence-corrected chi connectivity index (χ3v) is 6.71. The van der Waals surface area contributed by atoms with Crippen LogP contribution in [0.25, 0.3) is 22.3 Å². The van der Waals surface area contributed by atoms with Crippen LogP contribution in [0.2, 0.25) is 5.02 Å². The fourth-order valence-electron chi connectivity index (χ4n) is 3.57. The van der Waals surface area contributed by atoms with E-state index >= 15 is 0 Å². The van der Waals surface area contributed by atoms with Crippen LogP contribution in [0.1, 0.15) is 30.8 Å². The SMILES string of the molecule is CC(C)(c1nccs1)C(CC(=O)O)Nc1nc(-c2c[nH]c3ncc(Cl)cc23)c(C#N)cc1F. The number of rotatable bonds is 7. The number of halogens is 2. The van der Waals surface area contributed by atoms with Crippen molar-refractivity contribution in [3.63, 3.8) is 0 Å². The first-order valence-electron chi connectivity index (χ1n) is 9.82. The molecule has 0 aliphatic heterocycles. The fraction of sp³-hybridized carbons (Fsp3) is 0.227. The van der Waals surface area contributed by atoms with Crippen LogP contribution in [0.5, 0.6) is 0 Å². The molecule has 4 aromatic rings. The summed E-state index contributed by atoms with van der Waals surface area (Å²) in [5.41, 5.74) is 0.555. The Morgan fingerprint density at radius 2 is 2.21 bits per heavy atom. The molecular formula is C22H18ClFN6O2S. The Morgan fingerprint density at radius 3 is 2.88 bits per heavy atom. The van der Waals surface area contributed by atoms with Crippen molar-refractivity contribution >= 4 is 45.8 Å². The molecule has 0 aliphatic carbocycles. The number of nitrogens with one attached hydrogen (secondary N) is 2. The molecule has 0 amide bonds. The van der Waals surface area contributed by atoms with Crippen molar-refractivity contribution in [2.24, 2.45) is 0 Å². The standard InChI is InChI=1S/C22H18ClFN6O2S/c1-22(2,21-26-3-4-33-21)16(7-17(31)32)29-20-15(24)5-11(8-25)18(30-20)14-10-28-19-13(14)6-12(23)9-27-19/h3-6,9-10,16H,7H2,1-2H3,(H,27,28)(H,29,30)(H,31,32). The van der Waals surface area contributed by atoms with Gasteiger partial charge in [0, 0.05) is 46.4 Å². The Morgan fingerprint density at radius 1 is 1.42 bits per heavy atom. The van der Waals surface area contributed by atoms with Crippen molar-refractivity contribution in [3.8, 4) is 17.3 Å². The number of hydrogen-bond acceptors (Lipinski definition) is 7. The minimum atomic E-state index is -1.05. The topological polar surface area (TPSA) is 128 Å². The Balaban J connectivity index is 1.81. The number of carboxylic acid groups (broad SMARTS) is 1. The summed E-state index contributed by atoms with van der Waals surface area (Å²) in [5.74, 6) is -1.98. The van der Waals surface area contributed by atoms with Gasteiger partial charge in [-0.15, -0.1) is 11.3 Å². The first kappa shape index (κ1) is 22.6. The number of fused-ring (bicyclic) bond motifs is 1. The van der Waals surface area contributed by atoms with Gasteiger partial charge in [0.2, 0.25) is 0 Å². The number of H-pyrrole nitrogens is 1. The van der Waals surface area contributed by atoms with E-state index in [2.05, 4.69) is 25.3 Å². The predicted octanol–water partition coefficient (Wildman–Crippen LogP) is 4.98. The number of nitrogens with zero attached hydrogens (tertiary/aromatic N) is 4. The summed E-state index contributed by atoms with van der Waals surface area (Å²) in [6.07, 6.45) is 4.44. The Bertz CT molecular complexity index is 1380. The second kappa shape index (κ2) is 8.77. The largest absolute Gasteiger partial charge is 0.481 e. The van der Waals surface area contributed by atoms with Crippen molar-refractivity contribution in [2.75, 3.05) is 5.32 Å². The summed E-state index contributed by atoms with van der Waals surface area (Å²) < 4.78 is 15.0. The van der Waals surface area contributed by atoms with Crippen molar-refractivity contribution in [1.29, 1.82) is 5.26 Å². The van der Waals surface area contributed by atoms with Gasteiger partial charge in [0.1, 0.15) is 16.7 Å². The molecule has 0 aromatic carbocycles. The normalized spacial score (nSPS) is 12.5. The van der Waals surface area contributed by atoms with E-state index in [4.69, 9.17) is 11.6 Å². The van der Waals surface area contributed by atoms with Gasteiger partial charge in [-0.05, 0) is 12.1 Å². The zero-order valence-corrected chi connectivity index (χ0v) is 19.1. The van der Waals surface area contributed by atoms with Crippen molar-refractivity contribution in [1.82, 2.24) is 19.9 Å². The maximum atomic E-state index is 15.0. The second-order valence-electron chi connectivity index (χ2n) is 7.93. The molecule has 0 saturated heterocycles. The highest BCUT2D eigenvalue weighted by Gasteiger charge is 2.36. The van der Waals surface area contributed by atoms with Gasteiger partial charge >= 0.3 is 5.97 Å². The maximum absolute atomic E-state index is 15.0. The molecule has 0 aliphatic rings. The first-order valence-corrected chi connectivity index (χ1v) is 11.1. The van der Waals surface area contributed by atoms with Crippen LogP contribution < -0.4 is 5.32 Å². The quantitative estimate of drug-likeness (QED) is 0.337. The van der Waals surface area contributed by atoms with Gasteiger partial charge in [-0.2, -0.15) is 5.26 Å². The third-order valence-electron chi connectivity index (χ3n) is 5.39. The average molecular weight is 485 g/mol. The lowest BCUT2D eigenvalue weighted by molar-refractivity contribution is -0.137. The predicted molar refractivity (Wildman–Crippen MR) is 124 cm³/mol. The number of pyridine rings is 2. The number of thiazole rings is 1. The lowest BCUT2D eigenvalue weighted by Crippen LogP contribution is -2.41. The Hall–Kier alpha value is -3.55. The van der Waals surface area contributed by atoms with Gasteiger partial charge in [-0.1, -0.05) is 25.4 Å². The molecule has 4 aromatic heterocycles. The smallest absolute Gasteiger partial charge is 0.305 e. The molecular weight excluding hydrogens is 467 g/mol. The van der Waals surface area contributed by atoms with Crippen LogP contribution in [-0.2, 0) is 10.2 Å². The van der Waals surface area contributed by atoms with Gasteiger partial charge < -0.3 is 15.4 Å². The van der Waals surface area contributed by atoms with E-state index in [1.807, 2.05) is 19.9 Å². The van der Waals surface area contributed by atoms with Gasteiger partial charge in [0.15, 0.2) is 11.6 Å². The molecule has 8 nitrogen and oxygen atoms in total. The molecule has 4 heterocycles.